The van der Waals surface area contributed by atoms with E-state index in [4.69, 9.17) is 5.73 Å². The highest BCUT2D eigenvalue weighted by molar-refractivity contribution is 7.94. The lowest BCUT2D eigenvalue weighted by Gasteiger charge is -1.98. The van der Waals surface area contributed by atoms with E-state index in [0.29, 0.717) is 0 Å². The molecule has 80 valence electrons. The molecule has 0 unspecified atom stereocenters. The van der Waals surface area contributed by atoms with Gasteiger partial charge in [-0.25, -0.2) is 0 Å². The third kappa shape index (κ3) is 2.05. The molecular weight excluding hydrogens is 242 g/mol. The summed E-state index contributed by atoms with van der Waals surface area (Å²) in [7, 11) is -3.77. The molecule has 0 saturated heterocycles. The molecule has 8 nitrogen and oxygen atoms in total. The summed E-state index contributed by atoms with van der Waals surface area (Å²) in [5.74, 6) is 0.0729. The minimum atomic E-state index is -3.77. The Hall–Kier alpha value is -1.68. The second-order valence-electron chi connectivity index (χ2n) is 2.40. The second-order valence-corrected chi connectivity index (χ2v) is 5.26. The Balaban J connectivity index is 2.28. The van der Waals surface area contributed by atoms with Crippen LogP contribution in [0.25, 0.3) is 0 Å². The largest absolute Gasteiger partial charge is 0.374 e. The molecule has 2 aromatic heterocycles. The second kappa shape index (κ2) is 3.47. The normalized spacial score (nSPS) is 11.5. The minimum Gasteiger partial charge on any atom is -0.374 e. The molecule has 0 radical (unpaired) electrons. The number of nitrogens with one attached hydrogen (secondary N) is 1. The topological polar surface area (TPSA) is 124 Å². The number of hydrogen-bond donors (Lipinski definition) is 2. The summed E-state index contributed by atoms with van der Waals surface area (Å²) in [5, 5.41) is 10.3. The Morgan fingerprint density at radius 1 is 1.47 bits per heavy atom. The van der Waals surface area contributed by atoms with Gasteiger partial charge in [0.2, 0.25) is 5.13 Å². The summed E-state index contributed by atoms with van der Waals surface area (Å²) in [6.45, 7) is 0. The molecule has 2 aromatic rings. The summed E-state index contributed by atoms with van der Waals surface area (Å²) < 4.78 is 29.5. The third-order valence-electron chi connectivity index (χ3n) is 1.33. The highest BCUT2D eigenvalue weighted by Crippen LogP contribution is 2.19. The zero-order valence-electron chi connectivity index (χ0n) is 7.11. The van der Waals surface area contributed by atoms with Crippen molar-refractivity contribution >= 4 is 32.3 Å². The summed E-state index contributed by atoms with van der Waals surface area (Å²) in [5.41, 5.74) is 5.27. The van der Waals surface area contributed by atoms with Gasteiger partial charge >= 0.3 is 0 Å². The van der Waals surface area contributed by atoms with Crippen molar-refractivity contribution in [3.8, 4) is 0 Å². The number of nitrogens with zero attached hydrogens (tertiary/aromatic N) is 3. The average Bonchev–Trinajstić information content (AvgIpc) is 2.75. The molecule has 0 amide bonds. The number of rotatable bonds is 3. The van der Waals surface area contributed by atoms with Gasteiger partial charge in [0.25, 0.3) is 14.4 Å². The molecule has 0 saturated carbocycles. The molecule has 0 aliphatic carbocycles. The van der Waals surface area contributed by atoms with Gasteiger partial charge in [-0.1, -0.05) is 16.5 Å². The van der Waals surface area contributed by atoms with Crippen molar-refractivity contribution in [1.82, 2.24) is 15.4 Å². The van der Waals surface area contributed by atoms with E-state index in [-0.39, 0.29) is 15.3 Å². The average molecular weight is 247 g/mol. The molecule has 3 N–H and O–H groups in total. The van der Waals surface area contributed by atoms with Crippen LogP contribution in [0.1, 0.15) is 0 Å². The van der Waals surface area contributed by atoms with Crippen LogP contribution in [0, 0.1) is 0 Å². The van der Waals surface area contributed by atoms with Crippen LogP contribution in [0.15, 0.2) is 21.2 Å². The van der Waals surface area contributed by atoms with Crippen LogP contribution in [-0.2, 0) is 10.0 Å². The molecule has 0 aliphatic rings. The van der Waals surface area contributed by atoms with E-state index in [1.54, 1.807) is 0 Å². The van der Waals surface area contributed by atoms with Gasteiger partial charge < -0.3 is 10.3 Å². The van der Waals surface area contributed by atoms with Crippen LogP contribution in [0.2, 0.25) is 0 Å². The molecule has 0 fully saturated rings. The van der Waals surface area contributed by atoms with Gasteiger partial charge in [-0.15, -0.1) is 10.2 Å². The van der Waals surface area contributed by atoms with Crippen LogP contribution in [0.5, 0.6) is 0 Å². The van der Waals surface area contributed by atoms with Crippen LogP contribution in [0.3, 0.4) is 0 Å². The lowest BCUT2D eigenvalue weighted by molar-refractivity contribution is 0.423. The van der Waals surface area contributed by atoms with Gasteiger partial charge in [-0.3, -0.25) is 4.72 Å². The van der Waals surface area contributed by atoms with Crippen molar-refractivity contribution < 1.29 is 12.9 Å². The fraction of sp³-hybridized carbons (Fsp3) is 0. The van der Waals surface area contributed by atoms with E-state index in [2.05, 4.69) is 24.6 Å². The maximum atomic E-state index is 11.6. The molecule has 0 bridgehead atoms. The maximum absolute atomic E-state index is 11.6. The molecule has 2 heterocycles. The first-order chi connectivity index (χ1) is 7.08. The zero-order valence-corrected chi connectivity index (χ0v) is 8.75. The van der Waals surface area contributed by atoms with Gasteiger partial charge in [-0.2, -0.15) is 8.42 Å². The van der Waals surface area contributed by atoms with E-state index in [0.717, 1.165) is 11.3 Å². The van der Waals surface area contributed by atoms with Gasteiger partial charge in [0, 0.05) is 6.07 Å². The summed E-state index contributed by atoms with van der Waals surface area (Å²) in [6.07, 6.45) is 1.24. The van der Waals surface area contributed by atoms with Gasteiger partial charge in [0.15, 0.2) is 5.82 Å². The Morgan fingerprint density at radius 2 is 2.27 bits per heavy atom. The Kier molecular flexibility index (Phi) is 2.28. The third-order valence-corrected chi connectivity index (χ3v) is 3.80. The van der Waals surface area contributed by atoms with Gasteiger partial charge in [-0.05, 0) is 0 Å². The Labute approximate surface area is 88.2 Å². The number of anilines is 2. The highest BCUT2D eigenvalue weighted by Gasteiger charge is 2.20. The molecule has 0 aromatic carbocycles. The fourth-order valence-corrected chi connectivity index (χ4v) is 2.55. The summed E-state index contributed by atoms with van der Waals surface area (Å²) in [6, 6.07) is 1.36. The number of aromatic nitrogens is 3. The van der Waals surface area contributed by atoms with E-state index in [1.807, 2.05) is 0 Å². The SMILES string of the molecule is Nc1nnc(S(=O)(=O)Nc2ccon2)s1. The van der Waals surface area contributed by atoms with Crippen LogP contribution in [0.4, 0.5) is 10.9 Å². The van der Waals surface area contributed by atoms with Crippen LogP contribution in [-0.4, -0.2) is 23.8 Å². The van der Waals surface area contributed by atoms with Gasteiger partial charge in [0.05, 0.1) is 0 Å². The predicted octanol–water partition coefficient (Wildman–Crippen LogP) is -0.0909. The summed E-state index contributed by atoms with van der Waals surface area (Å²) >= 11 is 0.763. The number of sulfonamides is 1. The molecule has 10 heteroatoms. The predicted molar refractivity (Wildman–Crippen MR) is 51.6 cm³/mol. The smallest absolute Gasteiger partial charge is 0.292 e. The fourth-order valence-electron chi connectivity index (χ4n) is 0.775. The lowest BCUT2D eigenvalue weighted by atomic mass is 10.7. The van der Waals surface area contributed by atoms with Crippen molar-refractivity contribution in [1.29, 1.82) is 0 Å². The number of hydrogen-bond acceptors (Lipinski definition) is 8. The van der Waals surface area contributed by atoms with E-state index in [1.165, 1.54) is 12.3 Å². The molecule has 0 spiro atoms. The van der Waals surface area contributed by atoms with Crippen molar-refractivity contribution in [2.24, 2.45) is 0 Å². The molecular formula is C5H5N5O3S2. The molecule has 15 heavy (non-hydrogen) atoms. The Morgan fingerprint density at radius 3 is 2.80 bits per heavy atom. The number of nitrogens with two attached hydrogens (primary N) is 1. The van der Waals surface area contributed by atoms with E-state index < -0.39 is 10.0 Å². The van der Waals surface area contributed by atoms with Gasteiger partial charge in [0.1, 0.15) is 6.26 Å². The standard InChI is InChI=1S/C5H5N5O3S2/c6-4-7-8-5(14-4)15(11,12)10-3-1-2-13-9-3/h1-2H,(H2,6,7)(H,9,10). The first kappa shape index (κ1) is 9.86. The van der Waals surface area contributed by atoms with Crippen LogP contribution >= 0.6 is 11.3 Å². The van der Waals surface area contributed by atoms with Crippen molar-refractivity contribution in [2.45, 2.75) is 4.34 Å². The zero-order chi connectivity index (χ0) is 10.9. The van der Waals surface area contributed by atoms with Crippen molar-refractivity contribution in [2.75, 3.05) is 10.5 Å². The van der Waals surface area contributed by atoms with E-state index in [9.17, 15) is 8.42 Å². The van der Waals surface area contributed by atoms with E-state index >= 15 is 0 Å². The Bertz CT molecular complexity index is 545. The monoisotopic (exact) mass is 247 g/mol. The summed E-state index contributed by atoms with van der Waals surface area (Å²) in [4.78, 5) is 0. The maximum Gasteiger partial charge on any atom is 0.292 e. The van der Waals surface area contributed by atoms with Crippen LogP contribution < -0.4 is 10.5 Å². The lowest BCUT2D eigenvalue weighted by Crippen LogP contribution is -2.12. The highest BCUT2D eigenvalue weighted by atomic mass is 32.2. The first-order valence-electron chi connectivity index (χ1n) is 3.60. The van der Waals surface area contributed by atoms with Crippen molar-refractivity contribution in [3.05, 3.63) is 12.3 Å². The molecule has 2 rings (SSSR count). The minimum absolute atomic E-state index is 0.0729. The molecule has 0 atom stereocenters. The molecule has 0 aliphatic heterocycles. The quantitative estimate of drug-likeness (QED) is 0.776. The number of nitrogen functional groups attached to an aromatic ring is 1. The van der Waals surface area contributed by atoms with Crippen molar-refractivity contribution in [3.63, 3.8) is 0 Å². The first-order valence-corrected chi connectivity index (χ1v) is 5.90.